The fourth-order valence-corrected chi connectivity index (χ4v) is 2.25. The Kier molecular flexibility index (Phi) is 3.71. The molecule has 0 bridgehead atoms. The topological polar surface area (TPSA) is 59.8 Å². The van der Waals surface area contributed by atoms with Gasteiger partial charge in [0.05, 0.1) is 0 Å². The first-order valence-corrected chi connectivity index (χ1v) is 6.49. The van der Waals surface area contributed by atoms with Crippen molar-refractivity contribution in [1.82, 2.24) is 20.1 Å². The fraction of sp³-hybridized carbons (Fsp3) is 0.727. The van der Waals surface area contributed by atoms with E-state index >= 15 is 0 Å². The van der Waals surface area contributed by atoms with Crippen molar-refractivity contribution in [3.05, 3.63) is 12.2 Å². The Labute approximate surface area is 106 Å². The molecule has 0 aromatic carbocycles. The van der Waals surface area contributed by atoms with Crippen LogP contribution >= 0.6 is 12.6 Å². The van der Waals surface area contributed by atoms with Crippen LogP contribution in [0.3, 0.4) is 0 Å². The number of thiol groups is 1. The molecular weight excluding hydrogens is 236 g/mol. The molecule has 17 heavy (non-hydrogen) atoms. The summed E-state index contributed by atoms with van der Waals surface area (Å²) < 4.78 is 1.86. The molecular formula is C11H18N4OS. The van der Waals surface area contributed by atoms with Crippen molar-refractivity contribution < 1.29 is 4.79 Å². The van der Waals surface area contributed by atoms with Gasteiger partial charge >= 0.3 is 0 Å². The molecule has 2 rings (SSSR count). The molecule has 5 nitrogen and oxygen atoms in total. The molecule has 1 saturated carbocycles. The summed E-state index contributed by atoms with van der Waals surface area (Å²) in [7, 11) is 1.90. The van der Waals surface area contributed by atoms with Crippen molar-refractivity contribution in [2.75, 3.05) is 12.3 Å². The average Bonchev–Trinajstić information content (AvgIpc) is 2.96. The van der Waals surface area contributed by atoms with Crippen LogP contribution in [0.4, 0.5) is 0 Å². The van der Waals surface area contributed by atoms with Crippen molar-refractivity contribution in [2.24, 2.45) is 12.5 Å². The third-order valence-corrected chi connectivity index (χ3v) is 3.97. The maximum atomic E-state index is 11.7. The van der Waals surface area contributed by atoms with E-state index in [4.69, 9.17) is 0 Å². The second kappa shape index (κ2) is 5.08. The van der Waals surface area contributed by atoms with Crippen LogP contribution in [0.2, 0.25) is 0 Å². The number of aromatic nitrogens is 3. The predicted molar refractivity (Wildman–Crippen MR) is 67.9 cm³/mol. The van der Waals surface area contributed by atoms with E-state index in [1.165, 1.54) is 0 Å². The monoisotopic (exact) mass is 254 g/mol. The summed E-state index contributed by atoms with van der Waals surface area (Å²) in [6.07, 6.45) is 5.25. The van der Waals surface area contributed by atoms with Crippen LogP contribution in [0.1, 0.15) is 25.1 Å². The lowest BCUT2D eigenvalue weighted by atomic mass is 10.1. The number of carbonyl (C=O) groups is 1. The zero-order valence-corrected chi connectivity index (χ0v) is 10.9. The molecule has 1 N–H and O–H groups in total. The van der Waals surface area contributed by atoms with Gasteiger partial charge in [-0.1, -0.05) is 0 Å². The molecule has 0 atom stereocenters. The van der Waals surface area contributed by atoms with E-state index < -0.39 is 0 Å². The first kappa shape index (κ1) is 12.4. The number of nitrogens with one attached hydrogen (secondary N) is 1. The molecule has 1 aromatic rings. The third-order valence-electron chi connectivity index (χ3n) is 3.30. The molecule has 1 aliphatic carbocycles. The van der Waals surface area contributed by atoms with Gasteiger partial charge in [-0.15, -0.1) is 10.2 Å². The van der Waals surface area contributed by atoms with E-state index in [9.17, 15) is 4.79 Å². The van der Waals surface area contributed by atoms with Crippen molar-refractivity contribution in [3.63, 3.8) is 0 Å². The minimum absolute atomic E-state index is 0.124. The van der Waals surface area contributed by atoms with Crippen LogP contribution in [0.5, 0.6) is 0 Å². The Hall–Kier alpha value is -1.04. The lowest BCUT2D eigenvalue weighted by Gasteiger charge is -2.11. The first-order valence-electron chi connectivity index (χ1n) is 5.86. The van der Waals surface area contributed by atoms with Gasteiger partial charge < -0.3 is 9.88 Å². The standard InChI is InChI=1S/C11H18N4OS/c1-15-8-13-14-9(15)2-5-12-10(16)6-11(7-17)3-4-11/h8,17H,2-7H2,1H3,(H,12,16). The Balaban J connectivity index is 1.69. The SMILES string of the molecule is Cn1cnnc1CCNC(=O)CC1(CS)CC1. The highest BCUT2D eigenvalue weighted by atomic mass is 32.1. The van der Waals surface area contributed by atoms with Crippen molar-refractivity contribution in [1.29, 1.82) is 0 Å². The van der Waals surface area contributed by atoms with Gasteiger partial charge in [-0.05, 0) is 24.0 Å². The number of carbonyl (C=O) groups excluding carboxylic acids is 1. The zero-order valence-electron chi connectivity index (χ0n) is 10.0. The Bertz CT molecular complexity index is 400. The summed E-state index contributed by atoms with van der Waals surface area (Å²) in [5.74, 6) is 1.82. The van der Waals surface area contributed by atoms with E-state index in [1.807, 2.05) is 11.6 Å². The quantitative estimate of drug-likeness (QED) is 0.730. The molecule has 0 spiro atoms. The van der Waals surface area contributed by atoms with Crippen LogP contribution in [0.25, 0.3) is 0 Å². The molecule has 0 radical (unpaired) electrons. The molecule has 1 aromatic heterocycles. The number of nitrogens with zero attached hydrogens (tertiary/aromatic N) is 3. The van der Waals surface area contributed by atoms with Crippen LogP contribution in [0, 0.1) is 5.41 Å². The zero-order chi connectivity index (χ0) is 12.3. The van der Waals surface area contributed by atoms with Gasteiger partial charge in [0.25, 0.3) is 0 Å². The van der Waals surface area contributed by atoms with Crippen molar-refractivity contribution >= 4 is 18.5 Å². The number of amides is 1. The minimum atomic E-state index is 0.124. The highest BCUT2D eigenvalue weighted by Gasteiger charge is 2.42. The first-order chi connectivity index (χ1) is 8.15. The molecule has 6 heteroatoms. The Morgan fingerprint density at radius 1 is 1.65 bits per heavy atom. The largest absolute Gasteiger partial charge is 0.356 e. The molecule has 1 fully saturated rings. The normalized spacial score (nSPS) is 16.8. The van der Waals surface area contributed by atoms with Gasteiger partial charge in [-0.25, -0.2) is 0 Å². The number of hydrogen-bond acceptors (Lipinski definition) is 4. The van der Waals surface area contributed by atoms with Crippen molar-refractivity contribution in [2.45, 2.75) is 25.7 Å². The van der Waals surface area contributed by atoms with E-state index in [0.29, 0.717) is 13.0 Å². The highest BCUT2D eigenvalue weighted by Crippen LogP contribution is 2.49. The maximum absolute atomic E-state index is 11.7. The molecule has 0 unspecified atom stereocenters. The van der Waals surface area contributed by atoms with Gasteiger partial charge in [-0.2, -0.15) is 12.6 Å². The van der Waals surface area contributed by atoms with E-state index in [-0.39, 0.29) is 11.3 Å². The Morgan fingerprint density at radius 3 is 2.94 bits per heavy atom. The van der Waals surface area contributed by atoms with Gasteiger partial charge in [0.1, 0.15) is 12.2 Å². The summed E-state index contributed by atoms with van der Waals surface area (Å²) in [6, 6.07) is 0. The average molecular weight is 254 g/mol. The molecule has 0 saturated heterocycles. The maximum Gasteiger partial charge on any atom is 0.220 e. The van der Waals surface area contributed by atoms with Crippen LogP contribution < -0.4 is 5.32 Å². The number of hydrogen-bond donors (Lipinski definition) is 2. The second-order valence-electron chi connectivity index (χ2n) is 4.79. The summed E-state index contributed by atoms with van der Waals surface area (Å²) in [4.78, 5) is 11.7. The lowest BCUT2D eigenvalue weighted by molar-refractivity contribution is -0.122. The lowest BCUT2D eigenvalue weighted by Crippen LogP contribution is -2.29. The third kappa shape index (κ3) is 3.21. The van der Waals surface area contributed by atoms with Crippen LogP contribution in [-0.2, 0) is 18.3 Å². The Morgan fingerprint density at radius 2 is 2.41 bits per heavy atom. The minimum Gasteiger partial charge on any atom is -0.356 e. The molecule has 1 heterocycles. The second-order valence-corrected chi connectivity index (χ2v) is 5.11. The smallest absolute Gasteiger partial charge is 0.220 e. The van der Waals surface area contributed by atoms with Crippen LogP contribution in [0.15, 0.2) is 6.33 Å². The van der Waals surface area contributed by atoms with E-state index in [1.54, 1.807) is 6.33 Å². The van der Waals surface area contributed by atoms with E-state index in [2.05, 4.69) is 28.1 Å². The van der Waals surface area contributed by atoms with Crippen molar-refractivity contribution in [3.8, 4) is 0 Å². The van der Waals surface area contributed by atoms with Gasteiger partial charge in [0.15, 0.2) is 0 Å². The summed E-state index contributed by atoms with van der Waals surface area (Å²) in [5, 5.41) is 10.7. The molecule has 1 aliphatic rings. The van der Waals surface area contributed by atoms with Gasteiger partial charge in [0.2, 0.25) is 5.91 Å². The van der Waals surface area contributed by atoms with E-state index in [0.717, 1.165) is 30.8 Å². The predicted octanol–water partition coefficient (Wildman–Crippen LogP) is 0.574. The summed E-state index contributed by atoms with van der Waals surface area (Å²) in [5.41, 5.74) is 0.192. The van der Waals surface area contributed by atoms with Crippen LogP contribution in [-0.4, -0.2) is 33.0 Å². The molecule has 0 aliphatic heterocycles. The summed E-state index contributed by atoms with van der Waals surface area (Å²) in [6.45, 7) is 0.619. The molecule has 94 valence electrons. The number of rotatable bonds is 6. The van der Waals surface area contributed by atoms with Gasteiger partial charge in [-0.3, -0.25) is 4.79 Å². The number of aryl methyl sites for hydroxylation is 1. The molecule has 1 amide bonds. The highest BCUT2D eigenvalue weighted by molar-refractivity contribution is 7.80. The fourth-order valence-electron chi connectivity index (χ4n) is 1.82. The van der Waals surface area contributed by atoms with Gasteiger partial charge in [0, 0.05) is 26.4 Å². The summed E-state index contributed by atoms with van der Waals surface area (Å²) >= 11 is 4.29.